The molecule has 2 rings (SSSR count). The Labute approximate surface area is 159 Å². The molecule has 0 aliphatic rings. The summed E-state index contributed by atoms with van der Waals surface area (Å²) in [6, 6.07) is 5.97. The van der Waals surface area contributed by atoms with Crippen molar-refractivity contribution in [2.45, 2.75) is 33.2 Å². The van der Waals surface area contributed by atoms with E-state index in [0.29, 0.717) is 13.2 Å². The molecular weight excluding hydrogens is 348 g/mol. The van der Waals surface area contributed by atoms with E-state index in [1.165, 1.54) is 4.88 Å². The molecule has 0 spiro atoms. The Morgan fingerprint density at radius 1 is 1.27 bits per heavy atom. The molecule has 7 heteroatoms. The van der Waals surface area contributed by atoms with Crippen LogP contribution >= 0.6 is 11.3 Å². The maximum atomic E-state index is 5.69. The number of rotatable bonds is 9. The average molecular weight is 377 g/mol. The number of nitrogens with one attached hydrogen (secondary N) is 2. The zero-order valence-electron chi connectivity index (χ0n) is 16.0. The molecule has 0 fully saturated rings. The van der Waals surface area contributed by atoms with Crippen molar-refractivity contribution in [3.8, 4) is 11.5 Å². The highest BCUT2D eigenvalue weighted by atomic mass is 32.1. The Bertz CT molecular complexity index is 715. The highest BCUT2D eigenvalue weighted by Crippen LogP contribution is 2.28. The first-order valence-electron chi connectivity index (χ1n) is 8.81. The highest BCUT2D eigenvalue weighted by Gasteiger charge is 2.06. The van der Waals surface area contributed by atoms with Crippen molar-refractivity contribution in [3.05, 3.63) is 39.8 Å². The number of hydrogen-bond donors (Lipinski definition) is 2. The Hall–Kier alpha value is -2.28. The Morgan fingerprint density at radius 3 is 2.77 bits per heavy atom. The van der Waals surface area contributed by atoms with Crippen molar-refractivity contribution in [2.75, 3.05) is 27.3 Å². The van der Waals surface area contributed by atoms with Crippen molar-refractivity contribution in [1.29, 1.82) is 0 Å². The van der Waals surface area contributed by atoms with E-state index >= 15 is 0 Å². The van der Waals surface area contributed by atoms with Crippen molar-refractivity contribution in [3.63, 3.8) is 0 Å². The van der Waals surface area contributed by atoms with Crippen molar-refractivity contribution < 1.29 is 9.47 Å². The normalized spacial score (nSPS) is 11.3. The zero-order valence-corrected chi connectivity index (χ0v) is 16.8. The van der Waals surface area contributed by atoms with Crippen LogP contribution in [0.15, 0.2) is 29.4 Å². The molecule has 0 radical (unpaired) electrons. The number of methoxy groups -OCH3 is 1. The molecule has 1 aromatic carbocycles. The van der Waals surface area contributed by atoms with Gasteiger partial charge in [-0.15, -0.1) is 11.3 Å². The number of ether oxygens (including phenoxy) is 2. The Morgan fingerprint density at radius 2 is 2.12 bits per heavy atom. The maximum Gasteiger partial charge on any atom is 0.191 e. The minimum absolute atomic E-state index is 0.653. The van der Waals surface area contributed by atoms with Crippen LogP contribution in [0.3, 0.4) is 0 Å². The summed E-state index contributed by atoms with van der Waals surface area (Å²) in [7, 11) is 3.43. The van der Waals surface area contributed by atoms with E-state index in [-0.39, 0.29) is 0 Å². The minimum Gasteiger partial charge on any atom is -0.493 e. The summed E-state index contributed by atoms with van der Waals surface area (Å²) in [6.45, 7) is 6.28. The van der Waals surface area contributed by atoms with Gasteiger partial charge in [0.25, 0.3) is 0 Å². The lowest BCUT2D eigenvalue weighted by atomic mass is 10.2. The van der Waals surface area contributed by atoms with Crippen LogP contribution in [0.25, 0.3) is 0 Å². The molecule has 0 saturated carbocycles. The predicted octanol–water partition coefficient (Wildman–Crippen LogP) is 3.16. The number of aryl methyl sites for hydroxylation is 1. The number of hydrogen-bond acceptors (Lipinski definition) is 5. The summed E-state index contributed by atoms with van der Waals surface area (Å²) in [6.07, 6.45) is 3.76. The van der Waals surface area contributed by atoms with Gasteiger partial charge in [-0.1, -0.05) is 13.0 Å². The second kappa shape index (κ2) is 10.7. The molecular formula is C19H28N4O2S. The number of nitrogens with zero attached hydrogens (tertiary/aromatic N) is 2. The van der Waals surface area contributed by atoms with Crippen LogP contribution < -0.4 is 20.1 Å². The number of aliphatic imine (C=N–C) groups is 1. The summed E-state index contributed by atoms with van der Waals surface area (Å²) in [5.41, 5.74) is 1.10. The SMILES string of the molecule is CCCOc1ccc(CNC(=NC)NCCc2ncc(C)s2)cc1OC. The van der Waals surface area contributed by atoms with Gasteiger partial charge in [-0.3, -0.25) is 4.99 Å². The monoisotopic (exact) mass is 376 g/mol. The molecule has 0 amide bonds. The van der Waals surface area contributed by atoms with Gasteiger partial charge in [0.05, 0.1) is 18.7 Å². The van der Waals surface area contributed by atoms with Gasteiger partial charge in [-0.2, -0.15) is 0 Å². The van der Waals surface area contributed by atoms with Gasteiger partial charge in [-0.25, -0.2) is 4.98 Å². The van der Waals surface area contributed by atoms with Crippen LogP contribution in [-0.2, 0) is 13.0 Å². The molecule has 0 aliphatic carbocycles. The first-order valence-corrected chi connectivity index (χ1v) is 9.63. The highest BCUT2D eigenvalue weighted by molar-refractivity contribution is 7.11. The molecule has 0 saturated heterocycles. The molecule has 6 nitrogen and oxygen atoms in total. The van der Waals surface area contributed by atoms with Gasteiger partial charge in [0.1, 0.15) is 0 Å². The quantitative estimate of drug-likeness (QED) is 0.520. The van der Waals surface area contributed by atoms with E-state index in [2.05, 4.69) is 34.5 Å². The summed E-state index contributed by atoms with van der Waals surface area (Å²) >= 11 is 1.73. The zero-order chi connectivity index (χ0) is 18.8. The number of guanidine groups is 1. The minimum atomic E-state index is 0.653. The molecule has 2 aromatic rings. The fourth-order valence-electron chi connectivity index (χ4n) is 2.36. The topological polar surface area (TPSA) is 67.8 Å². The van der Waals surface area contributed by atoms with Gasteiger partial charge < -0.3 is 20.1 Å². The fraction of sp³-hybridized carbons (Fsp3) is 0.474. The third kappa shape index (κ3) is 6.22. The van der Waals surface area contributed by atoms with Gasteiger partial charge >= 0.3 is 0 Å². The van der Waals surface area contributed by atoms with Crippen molar-refractivity contribution >= 4 is 17.3 Å². The molecule has 0 atom stereocenters. The van der Waals surface area contributed by atoms with E-state index in [1.807, 2.05) is 24.4 Å². The smallest absolute Gasteiger partial charge is 0.191 e. The predicted molar refractivity (Wildman–Crippen MR) is 108 cm³/mol. The van der Waals surface area contributed by atoms with Crippen LogP contribution in [0.4, 0.5) is 0 Å². The first kappa shape index (κ1) is 20.0. The van der Waals surface area contributed by atoms with Gasteiger partial charge in [0.2, 0.25) is 0 Å². The van der Waals surface area contributed by atoms with Crippen molar-refractivity contribution in [1.82, 2.24) is 15.6 Å². The molecule has 0 bridgehead atoms. The van der Waals surface area contributed by atoms with Gasteiger partial charge in [0, 0.05) is 37.6 Å². The molecule has 0 aliphatic heterocycles. The van der Waals surface area contributed by atoms with Gasteiger partial charge in [-0.05, 0) is 31.0 Å². The van der Waals surface area contributed by atoms with Crippen LogP contribution in [0.2, 0.25) is 0 Å². The summed E-state index contributed by atoms with van der Waals surface area (Å²) in [5, 5.41) is 7.77. The van der Waals surface area contributed by atoms with E-state index in [9.17, 15) is 0 Å². The number of thiazole rings is 1. The molecule has 1 aromatic heterocycles. The molecule has 1 heterocycles. The summed E-state index contributed by atoms with van der Waals surface area (Å²) in [5.74, 6) is 2.29. The summed E-state index contributed by atoms with van der Waals surface area (Å²) < 4.78 is 11.1. The molecule has 0 unspecified atom stereocenters. The first-order chi connectivity index (χ1) is 12.7. The molecule has 26 heavy (non-hydrogen) atoms. The fourth-order valence-corrected chi connectivity index (χ4v) is 3.15. The van der Waals surface area contributed by atoms with Crippen molar-refractivity contribution in [2.24, 2.45) is 4.99 Å². The van der Waals surface area contributed by atoms with E-state index in [1.54, 1.807) is 25.5 Å². The van der Waals surface area contributed by atoms with E-state index in [0.717, 1.165) is 47.4 Å². The Kier molecular flexibility index (Phi) is 8.21. The second-order valence-corrected chi connectivity index (χ2v) is 7.12. The lowest BCUT2D eigenvalue weighted by molar-refractivity contribution is 0.294. The van der Waals surface area contributed by atoms with E-state index in [4.69, 9.17) is 9.47 Å². The number of aromatic nitrogens is 1. The lowest BCUT2D eigenvalue weighted by Crippen LogP contribution is -2.37. The van der Waals surface area contributed by atoms with Crippen LogP contribution in [-0.4, -0.2) is 38.3 Å². The lowest BCUT2D eigenvalue weighted by Gasteiger charge is -2.14. The van der Waals surface area contributed by atoms with Crippen LogP contribution in [0, 0.1) is 6.92 Å². The van der Waals surface area contributed by atoms with Crippen LogP contribution in [0.5, 0.6) is 11.5 Å². The standard InChI is InChI=1S/C19H28N4O2S/c1-5-10-25-16-7-6-15(11-17(16)24-4)13-23-19(20-3)21-9-8-18-22-12-14(2)26-18/h6-7,11-12H,5,8-10,13H2,1-4H3,(H2,20,21,23). The largest absolute Gasteiger partial charge is 0.493 e. The van der Waals surface area contributed by atoms with E-state index < -0.39 is 0 Å². The Balaban J connectivity index is 1.83. The molecule has 2 N–H and O–H groups in total. The third-order valence-electron chi connectivity index (χ3n) is 3.67. The number of benzene rings is 1. The summed E-state index contributed by atoms with van der Waals surface area (Å²) in [4.78, 5) is 9.87. The molecule has 142 valence electrons. The van der Waals surface area contributed by atoms with Crippen LogP contribution in [0.1, 0.15) is 28.8 Å². The maximum absolute atomic E-state index is 5.69. The second-order valence-electron chi connectivity index (χ2n) is 5.80. The average Bonchev–Trinajstić information content (AvgIpc) is 3.08. The third-order valence-corrected chi connectivity index (χ3v) is 4.65. The van der Waals surface area contributed by atoms with Gasteiger partial charge in [0.15, 0.2) is 17.5 Å².